The van der Waals surface area contributed by atoms with Crippen molar-refractivity contribution >= 4 is 24.1 Å². The van der Waals surface area contributed by atoms with Crippen molar-refractivity contribution in [3.8, 4) is 17.2 Å². The number of rotatable bonds is 10. The van der Waals surface area contributed by atoms with Gasteiger partial charge >= 0.3 is 12.0 Å². The average Bonchev–Trinajstić information content (AvgIpc) is 3.23. The van der Waals surface area contributed by atoms with Crippen molar-refractivity contribution in [3.05, 3.63) is 87.9 Å². The molecular formula is C31H35N5O6. The molecule has 3 N–H and O–H groups in total. The molecule has 0 unspecified atom stereocenters. The zero-order valence-corrected chi connectivity index (χ0v) is 24.5. The second-order valence-corrected chi connectivity index (χ2v) is 9.78. The van der Waals surface area contributed by atoms with E-state index in [1.54, 1.807) is 38.3 Å². The van der Waals surface area contributed by atoms with E-state index in [4.69, 9.17) is 14.2 Å². The quantitative estimate of drug-likeness (QED) is 0.190. The Hall–Kier alpha value is -5.06. The van der Waals surface area contributed by atoms with Crippen LogP contribution in [0.3, 0.4) is 0 Å². The number of carbonyl (C=O) groups is 3. The van der Waals surface area contributed by atoms with Crippen molar-refractivity contribution in [1.82, 2.24) is 20.6 Å². The van der Waals surface area contributed by atoms with Crippen molar-refractivity contribution < 1.29 is 28.6 Å². The van der Waals surface area contributed by atoms with Gasteiger partial charge < -0.3 is 29.4 Å². The fraction of sp³-hybridized carbons (Fsp3) is 0.290. The molecule has 1 aliphatic rings. The largest absolute Gasteiger partial charge is 0.493 e. The van der Waals surface area contributed by atoms with E-state index in [1.165, 1.54) is 12.7 Å². The minimum absolute atomic E-state index is 0.192. The predicted octanol–water partition coefficient (Wildman–Crippen LogP) is 4.13. The van der Waals surface area contributed by atoms with Crippen LogP contribution in [0.25, 0.3) is 5.69 Å². The smallest absolute Gasteiger partial charge is 0.338 e. The first-order chi connectivity index (χ1) is 20.1. The molecule has 1 aliphatic heterocycles. The summed E-state index contributed by atoms with van der Waals surface area (Å²) in [5.41, 5.74) is 8.90. The number of hydrazone groups is 1. The van der Waals surface area contributed by atoms with Crippen LogP contribution in [0.5, 0.6) is 11.5 Å². The summed E-state index contributed by atoms with van der Waals surface area (Å²) in [5.74, 6) is -0.374. The van der Waals surface area contributed by atoms with Gasteiger partial charge in [-0.05, 0) is 76.1 Å². The number of ether oxygens (including phenoxy) is 3. The van der Waals surface area contributed by atoms with Gasteiger partial charge in [0.1, 0.15) is 0 Å². The molecule has 2 aromatic carbocycles. The van der Waals surface area contributed by atoms with Crippen molar-refractivity contribution in [2.24, 2.45) is 5.10 Å². The summed E-state index contributed by atoms with van der Waals surface area (Å²) in [7, 11) is 1.46. The predicted molar refractivity (Wildman–Crippen MR) is 158 cm³/mol. The molecular weight excluding hydrogens is 538 g/mol. The van der Waals surface area contributed by atoms with Crippen molar-refractivity contribution in [3.63, 3.8) is 0 Å². The molecule has 11 heteroatoms. The maximum Gasteiger partial charge on any atom is 0.338 e. The van der Waals surface area contributed by atoms with Gasteiger partial charge in [-0.15, -0.1) is 0 Å². The number of benzene rings is 2. The van der Waals surface area contributed by atoms with Crippen LogP contribution in [0.1, 0.15) is 48.0 Å². The number of methoxy groups -OCH3 is 1. The molecule has 0 bridgehead atoms. The molecule has 0 spiro atoms. The third kappa shape index (κ3) is 6.63. The highest BCUT2D eigenvalue weighted by Gasteiger charge is 2.32. The standard InChI is InChI=1S/C31H35N5O6/c1-7-41-30(38)28-20(4)33-31(39)34-29(28)22-11-12-25(26(15-22)40-6)42-17-27(37)35-32-16-23-14-19(3)36(21(23)5)24-10-8-9-18(2)13-24/h8-16,29H,7,17H2,1-6H3,(H,35,37)(H2,33,34,39)/b32-16-/t29-/m1/s1. The molecule has 0 aliphatic carbocycles. The Labute approximate surface area is 244 Å². The highest BCUT2D eigenvalue weighted by Crippen LogP contribution is 2.34. The molecule has 0 radical (unpaired) electrons. The molecule has 220 valence electrons. The third-order valence-electron chi connectivity index (χ3n) is 6.77. The van der Waals surface area contributed by atoms with Crippen LogP contribution in [0.2, 0.25) is 0 Å². The normalized spacial score (nSPS) is 14.8. The number of amides is 3. The molecule has 0 saturated carbocycles. The number of nitrogens with one attached hydrogen (secondary N) is 3. The molecule has 2 heterocycles. The van der Waals surface area contributed by atoms with Crippen LogP contribution in [0, 0.1) is 20.8 Å². The molecule has 1 aromatic heterocycles. The Morgan fingerprint density at radius 2 is 1.86 bits per heavy atom. The average molecular weight is 574 g/mol. The molecule has 0 saturated heterocycles. The highest BCUT2D eigenvalue weighted by molar-refractivity contribution is 5.95. The Morgan fingerprint density at radius 1 is 1.07 bits per heavy atom. The monoisotopic (exact) mass is 573 g/mol. The fourth-order valence-electron chi connectivity index (χ4n) is 4.84. The number of urea groups is 1. The molecule has 3 aromatic rings. The van der Waals surface area contributed by atoms with Gasteiger partial charge in [0.2, 0.25) is 0 Å². The maximum atomic E-state index is 12.6. The SMILES string of the molecule is CCOC(=O)C1=C(C)NC(=O)N[C@@H]1c1ccc(OCC(=O)N/N=C\c2cc(C)n(-c3cccc(C)c3)c2C)c(OC)c1. The van der Waals surface area contributed by atoms with E-state index in [0.717, 1.165) is 22.6 Å². The minimum Gasteiger partial charge on any atom is -0.493 e. The number of esters is 1. The van der Waals surface area contributed by atoms with Gasteiger partial charge in [0.05, 0.1) is 31.5 Å². The van der Waals surface area contributed by atoms with E-state index in [0.29, 0.717) is 22.8 Å². The second kappa shape index (κ2) is 13.1. The Bertz CT molecular complexity index is 1570. The molecule has 42 heavy (non-hydrogen) atoms. The number of aryl methyl sites for hydroxylation is 2. The second-order valence-electron chi connectivity index (χ2n) is 9.78. The minimum atomic E-state index is -0.758. The number of aromatic nitrogens is 1. The first-order valence-corrected chi connectivity index (χ1v) is 13.5. The number of carbonyl (C=O) groups excluding carboxylic acids is 3. The number of hydrogen-bond acceptors (Lipinski definition) is 7. The van der Waals surface area contributed by atoms with Crippen LogP contribution in [-0.4, -0.2) is 49.0 Å². The first-order valence-electron chi connectivity index (χ1n) is 13.5. The molecule has 1 atom stereocenters. The Kier molecular flexibility index (Phi) is 9.31. The first kappa shape index (κ1) is 29.9. The summed E-state index contributed by atoms with van der Waals surface area (Å²) >= 11 is 0. The van der Waals surface area contributed by atoms with Crippen LogP contribution < -0.4 is 25.5 Å². The molecule has 3 amide bonds. The topological polar surface area (TPSA) is 132 Å². The van der Waals surface area contributed by atoms with Crippen LogP contribution in [-0.2, 0) is 14.3 Å². The number of allylic oxidation sites excluding steroid dienone is 1. The maximum absolute atomic E-state index is 12.6. The van der Waals surface area contributed by atoms with Crippen LogP contribution >= 0.6 is 0 Å². The third-order valence-corrected chi connectivity index (χ3v) is 6.77. The molecule has 0 fully saturated rings. The highest BCUT2D eigenvalue weighted by atomic mass is 16.5. The summed E-state index contributed by atoms with van der Waals surface area (Å²) in [6.07, 6.45) is 1.60. The van der Waals surface area contributed by atoms with E-state index >= 15 is 0 Å². The summed E-state index contributed by atoms with van der Waals surface area (Å²) in [6, 6.07) is 14.0. The van der Waals surface area contributed by atoms with Crippen molar-refractivity contribution in [2.75, 3.05) is 20.3 Å². The molecule has 11 nitrogen and oxygen atoms in total. The summed E-state index contributed by atoms with van der Waals surface area (Å²) in [6.45, 7) is 9.29. The zero-order chi connectivity index (χ0) is 30.4. The van der Waals surface area contributed by atoms with Gasteiger partial charge in [0.25, 0.3) is 5.91 Å². The molecule has 4 rings (SSSR count). The van der Waals surface area contributed by atoms with E-state index in [2.05, 4.69) is 44.8 Å². The van der Waals surface area contributed by atoms with Gasteiger partial charge in [-0.3, -0.25) is 4.79 Å². The van der Waals surface area contributed by atoms with Gasteiger partial charge in [-0.25, -0.2) is 15.0 Å². The lowest BCUT2D eigenvalue weighted by Crippen LogP contribution is -2.45. The zero-order valence-electron chi connectivity index (χ0n) is 24.5. The van der Waals surface area contributed by atoms with E-state index < -0.39 is 23.9 Å². The van der Waals surface area contributed by atoms with E-state index in [-0.39, 0.29) is 18.8 Å². The van der Waals surface area contributed by atoms with E-state index in [1.807, 2.05) is 32.0 Å². The van der Waals surface area contributed by atoms with E-state index in [9.17, 15) is 14.4 Å². The van der Waals surface area contributed by atoms with Gasteiger partial charge in [0, 0.05) is 28.3 Å². The van der Waals surface area contributed by atoms with Gasteiger partial charge in [-0.2, -0.15) is 5.10 Å². The summed E-state index contributed by atoms with van der Waals surface area (Å²) in [5, 5.41) is 9.45. The van der Waals surface area contributed by atoms with Gasteiger partial charge in [0.15, 0.2) is 18.1 Å². The lowest BCUT2D eigenvalue weighted by atomic mass is 9.95. The van der Waals surface area contributed by atoms with Crippen LogP contribution in [0.15, 0.2) is 64.9 Å². The number of hydrogen-bond donors (Lipinski definition) is 3. The lowest BCUT2D eigenvalue weighted by molar-refractivity contribution is -0.139. The summed E-state index contributed by atoms with van der Waals surface area (Å²) < 4.78 is 18.5. The van der Waals surface area contributed by atoms with Gasteiger partial charge in [-0.1, -0.05) is 18.2 Å². The Morgan fingerprint density at radius 3 is 2.57 bits per heavy atom. The lowest BCUT2D eigenvalue weighted by Gasteiger charge is -2.28. The Balaban J connectivity index is 1.42. The number of nitrogens with zero attached hydrogens (tertiary/aromatic N) is 2. The van der Waals surface area contributed by atoms with Crippen LogP contribution in [0.4, 0.5) is 4.79 Å². The van der Waals surface area contributed by atoms with Crippen molar-refractivity contribution in [1.29, 1.82) is 0 Å². The van der Waals surface area contributed by atoms with Crippen molar-refractivity contribution in [2.45, 2.75) is 40.7 Å². The fourth-order valence-corrected chi connectivity index (χ4v) is 4.84. The summed E-state index contributed by atoms with van der Waals surface area (Å²) in [4.78, 5) is 37.2.